The maximum absolute atomic E-state index is 5.68. The SMILES string of the molecule is C[C@@H]1CCN(c2ccnc3nccn23)[C@@H](c2ccco2)C1. The van der Waals surface area contributed by atoms with E-state index >= 15 is 0 Å². The molecule has 4 rings (SSSR count). The van der Waals surface area contributed by atoms with Crippen molar-refractivity contribution in [2.45, 2.75) is 25.8 Å². The Morgan fingerprint density at radius 2 is 2.14 bits per heavy atom. The summed E-state index contributed by atoms with van der Waals surface area (Å²) in [5, 5.41) is 0. The van der Waals surface area contributed by atoms with Crippen LogP contribution in [0.4, 0.5) is 5.82 Å². The zero-order valence-electron chi connectivity index (χ0n) is 12.0. The van der Waals surface area contributed by atoms with E-state index < -0.39 is 0 Å². The van der Waals surface area contributed by atoms with Gasteiger partial charge < -0.3 is 9.32 Å². The van der Waals surface area contributed by atoms with E-state index in [9.17, 15) is 0 Å². The second kappa shape index (κ2) is 4.91. The number of piperidine rings is 1. The highest BCUT2D eigenvalue weighted by Gasteiger charge is 2.30. The van der Waals surface area contributed by atoms with Gasteiger partial charge in [0.2, 0.25) is 5.78 Å². The quantitative estimate of drug-likeness (QED) is 0.723. The molecule has 5 nitrogen and oxygen atoms in total. The minimum absolute atomic E-state index is 0.275. The zero-order valence-corrected chi connectivity index (χ0v) is 12.0. The molecule has 5 heteroatoms. The molecule has 0 radical (unpaired) electrons. The second-order valence-electron chi connectivity index (χ2n) is 5.75. The monoisotopic (exact) mass is 282 g/mol. The molecule has 0 bridgehead atoms. The first-order chi connectivity index (χ1) is 10.3. The molecule has 0 aliphatic carbocycles. The molecule has 1 aliphatic heterocycles. The van der Waals surface area contributed by atoms with Crippen molar-refractivity contribution in [1.82, 2.24) is 14.4 Å². The van der Waals surface area contributed by atoms with Crippen molar-refractivity contribution < 1.29 is 4.42 Å². The Balaban J connectivity index is 1.79. The summed E-state index contributed by atoms with van der Waals surface area (Å²) in [5.41, 5.74) is 0. The Kier molecular flexibility index (Phi) is 2.91. The van der Waals surface area contributed by atoms with Gasteiger partial charge in [-0.05, 0) is 37.0 Å². The Bertz CT molecular complexity index is 734. The molecule has 3 aromatic heterocycles. The highest BCUT2D eigenvalue weighted by molar-refractivity contribution is 5.48. The number of anilines is 1. The molecular weight excluding hydrogens is 264 g/mol. The highest BCUT2D eigenvalue weighted by atomic mass is 16.3. The molecule has 108 valence electrons. The van der Waals surface area contributed by atoms with E-state index in [1.165, 1.54) is 6.42 Å². The molecule has 0 N–H and O–H groups in total. The van der Waals surface area contributed by atoms with E-state index in [-0.39, 0.29) is 6.04 Å². The fourth-order valence-corrected chi connectivity index (χ4v) is 3.22. The molecule has 1 aliphatic rings. The first-order valence-electron chi connectivity index (χ1n) is 7.41. The van der Waals surface area contributed by atoms with Gasteiger partial charge in [-0.25, -0.2) is 9.97 Å². The van der Waals surface area contributed by atoms with E-state index in [0.29, 0.717) is 5.92 Å². The summed E-state index contributed by atoms with van der Waals surface area (Å²) < 4.78 is 7.73. The molecule has 0 saturated carbocycles. The number of nitrogens with zero attached hydrogens (tertiary/aromatic N) is 4. The number of fused-ring (bicyclic) bond motifs is 1. The van der Waals surface area contributed by atoms with E-state index in [4.69, 9.17) is 4.42 Å². The summed E-state index contributed by atoms with van der Waals surface area (Å²) in [6.07, 6.45) is 9.64. The Morgan fingerprint density at radius 1 is 1.24 bits per heavy atom. The average molecular weight is 282 g/mol. The van der Waals surface area contributed by atoms with Gasteiger partial charge in [0.1, 0.15) is 11.6 Å². The van der Waals surface area contributed by atoms with Gasteiger partial charge in [0.15, 0.2) is 0 Å². The van der Waals surface area contributed by atoms with Crippen molar-refractivity contribution in [3.8, 4) is 0 Å². The minimum Gasteiger partial charge on any atom is -0.467 e. The summed E-state index contributed by atoms with van der Waals surface area (Å²) >= 11 is 0. The van der Waals surface area contributed by atoms with E-state index in [2.05, 4.69) is 33.9 Å². The fraction of sp³-hybridized carbons (Fsp3) is 0.375. The number of hydrogen-bond donors (Lipinski definition) is 0. The average Bonchev–Trinajstić information content (AvgIpc) is 3.18. The molecule has 0 aromatic carbocycles. The zero-order chi connectivity index (χ0) is 14.2. The van der Waals surface area contributed by atoms with Gasteiger partial charge in [-0.15, -0.1) is 0 Å². The highest BCUT2D eigenvalue weighted by Crippen LogP contribution is 2.37. The van der Waals surface area contributed by atoms with Gasteiger partial charge in [-0.2, -0.15) is 0 Å². The van der Waals surface area contributed by atoms with Crippen molar-refractivity contribution in [3.05, 3.63) is 48.8 Å². The second-order valence-corrected chi connectivity index (χ2v) is 5.75. The number of furan rings is 1. The summed E-state index contributed by atoms with van der Waals surface area (Å²) in [5.74, 6) is 3.61. The molecule has 1 saturated heterocycles. The van der Waals surface area contributed by atoms with Gasteiger partial charge in [-0.3, -0.25) is 4.40 Å². The standard InChI is InChI=1S/C16H18N4O/c1-12-5-8-19(13(11-12)14-3-2-10-21-14)15-4-6-17-16-18-7-9-20(15)16/h2-4,6-7,9-10,12-13H,5,8,11H2,1H3/t12-,13-/m1/s1. The van der Waals surface area contributed by atoms with E-state index in [1.807, 2.05) is 22.9 Å². The third-order valence-electron chi connectivity index (χ3n) is 4.31. The number of aromatic nitrogens is 3. The largest absolute Gasteiger partial charge is 0.467 e. The van der Waals surface area contributed by atoms with Crippen molar-refractivity contribution in [1.29, 1.82) is 0 Å². The lowest BCUT2D eigenvalue weighted by molar-refractivity contribution is 0.326. The number of hydrogen-bond acceptors (Lipinski definition) is 4. The van der Waals surface area contributed by atoms with Crippen molar-refractivity contribution in [2.75, 3.05) is 11.4 Å². The lowest BCUT2D eigenvalue weighted by atomic mass is 9.91. The first kappa shape index (κ1) is 12.4. The van der Waals surface area contributed by atoms with Crippen LogP contribution in [-0.2, 0) is 0 Å². The first-order valence-corrected chi connectivity index (χ1v) is 7.41. The number of imidazole rings is 1. The predicted molar refractivity (Wildman–Crippen MR) is 80.2 cm³/mol. The van der Waals surface area contributed by atoms with Crippen LogP contribution in [0.1, 0.15) is 31.6 Å². The predicted octanol–water partition coefficient (Wildman–Crippen LogP) is 3.30. The Hall–Kier alpha value is -2.30. The Morgan fingerprint density at radius 3 is 3.00 bits per heavy atom. The topological polar surface area (TPSA) is 46.6 Å². The summed E-state index contributed by atoms with van der Waals surface area (Å²) in [7, 11) is 0. The maximum Gasteiger partial charge on any atom is 0.235 e. The molecule has 0 amide bonds. The van der Waals surface area contributed by atoms with Crippen LogP contribution in [0.2, 0.25) is 0 Å². The van der Waals surface area contributed by atoms with E-state index in [1.54, 1.807) is 12.5 Å². The fourth-order valence-electron chi connectivity index (χ4n) is 3.22. The van der Waals surface area contributed by atoms with Crippen LogP contribution in [0.5, 0.6) is 0 Å². The molecule has 0 unspecified atom stereocenters. The molecule has 1 fully saturated rings. The van der Waals surface area contributed by atoms with Crippen LogP contribution in [0.15, 0.2) is 47.5 Å². The molecule has 0 spiro atoms. The van der Waals surface area contributed by atoms with Crippen LogP contribution in [-0.4, -0.2) is 20.9 Å². The van der Waals surface area contributed by atoms with Crippen LogP contribution < -0.4 is 4.90 Å². The van der Waals surface area contributed by atoms with Crippen LogP contribution >= 0.6 is 0 Å². The van der Waals surface area contributed by atoms with Crippen molar-refractivity contribution >= 4 is 11.6 Å². The van der Waals surface area contributed by atoms with E-state index in [0.717, 1.165) is 30.3 Å². The lowest BCUT2D eigenvalue weighted by Crippen LogP contribution is -2.37. The van der Waals surface area contributed by atoms with Crippen LogP contribution in [0.3, 0.4) is 0 Å². The third-order valence-corrected chi connectivity index (χ3v) is 4.31. The Labute approximate surface area is 123 Å². The molecule has 2 atom stereocenters. The maximum atomic E-state index is 5.68. The summed E-state index contributed by atoms with van der Waals surface area (Å²) in [6.45, 7) is 3.33. The van der Waals surface area contributed by atoms with Gasteiger partial charge in [-0.1, -0.05) is 6.92 Å². The summed E-state index contributed by atoms with van der Waals surface area (Å²) in [4.78, 5) is 11.0. The molecule has 4 heterocycles. The van der Waals surface area contributed by atoms with Gasteiger partial charge in [0, 0.05) is 25.1 Å². The van der Waals surface area contributed by atoms with Crippen LogP contribution in [0.25, 0.3) is 5.78 Å². The van der Waals surface area contributed by atoms with Gasteiger partial charge in [0.05, 0.1) is 12.3 Å². The summed E-state index contributed by atoms with van der Waals surface area (Å²) in [6, 6.07) is 6.37. The lowest BCUT2D eigenvalue weighted by Gasteiger charge is -2.39. The van der Waals surface area contributed by atoms with Crippen LogP contribution in [0, 0.1) is 5.92 Å². The third kappa shape index (κ3) is 2.09. The smallest absolute Gasteiger partial charge is 0.235 e. The van der Waals surface area contributed by atoms with Crippen molar-refractivity contribution in [2.24, 2.45) is 5.92 Å². The molecule has 3 aromatic rings. The molecular formula is C16H18N4O. The van der Waals surface area contributed by atoms with Gasteiger partial charge in [0.25, 0.3) is 0 Å². The number of rotatable bonds is 2. The normalized spacial score (nSPS) is 22.8. The van der Waals surface area contributed by atoms with Crippen molar-refractivity contribution in [3.63, 3.8) is 0 Å². The molecule has 21 heavy (non-hydrogen) atoms. The minimum atomic E-state index is 0.275. The van der Waals surface area contributed by atoms with Gasteiger partial charge >= 0.3 is 0 Å².